The Labute approximate surface area is 210 Å². The Kier molecular flexibility index (Phi) is 6.39. The first-order valence-corrected chi connectivity index (χ1v) is 12.7. The van der Waals surface area contributed by atoms with E-state index < -0.39 is 6.10 Å². The lowest BCUT2D eigenvalue weighted by molar-refractivity contribution is -0.0139. The highest BCUT2D eigenvalue weighted by molar-refractivity contribution is 5.93. The molecule has 2 N–H and O–H groups in total. The largest absolute Gasteiger partial charge is 0.390 e. The molecule has 1 aromatic heterocycles. The molecule has 0 saturated carbocycles. The summed E-state index contributed by atoms with van der Waals surface area (Å²) in [5.41, 5.74) is 3.92. The van der Waals surface area contributed by atoms with Crippen LogP contribution in [-0.2, 0) is 17.7 Å². The lowest BCUT2D eigenvalue weighted by Gasteiger charge is -2.43. The lowest BCUT2D eigenvalue weighted by Crippen LogP contribution is -2.56. The Morgan fingerprint density at radius 1 is 1.00 bits per heavy atom. The first kappa shape index (κ1) is 23.1. The van der Waals surface area contributed by atoms with Crippen LogP contribution >= 0.6 is 0 Å². The molecule has 8 nitrogen and oxygen atoms in total. The zero-order valence-corrected chi connectivity index (χ0v) is 20.2. The lowest BCUT2D eigenvalue weighted by atomic mass is 9.94. The van der Waals surface area contributed by atoms with Crippen molar-refractivity contribution >= 4 is 11.7 Å². The Hall–Kier alpha value is -3.33. The van der Waals surface area contributed by atoms with E-state index in [4.69, 9.17) is 4.74 Å². The number of ether oxygens (including phenoxy) is 1. The highest BCUT2D eigenvalue weighted by Crippen LogP contribution is 2.26. The molecule has 3 aliphatic heterocycles. The van der Waals surface area contributed by atoms with E-state index in [1.54, 1.807) is 11.0 Å². The number of piperidine rings is 1. The number of benzene rings is 2. The molecular weight excluding hydrogens is 454 g/mol. The fraction of sp³-hybridized carbons (Fsp3) is 0.393. The third kappa shape index (κ3) is 4.72. The molecule has 8 heteroatoms. The summed E-state index contributed by atoms with van der Waals surface area (Å²) in [6.45, 7) is 3.90. The maximum absolute atomic E-state index is 13.6. The van der Waals surface area contributed by atoms with E-state index in [-0.39, 0.29) is 18.0 Å². The van der Waals surface area contributed by atoms with Gasteiger partial charge >= 0.3 is 0 Å². The number of nitrogens with zero attached hydrogens (tertiary/aromatic N) is 4. The van der Waals surface area contributed by atoms with Gasteiger partial charge in [0.1, 0.15) is 11.5 Å². The number of amides is 1. The van der Waals surface area contributed by atoms with Crippen molar-refractivity contribution in [2.45, 2.75) is 37.6 Å². The summed E-state index contributed by atoms with van der Waals surface area (Å²) in [6, 6.07) is 20.1. The third-order valence-corrected chi connectivity index (χ3v) is 7.43. The van der Waals surface area contributed by atoms with E-state index in [1.807, 2.05) is 30.3 Å². The van der Waals surface area contributed by atoms with E-state index in [2.05, 4.69) is 44.5 Å². The van der Waals surface area contributed by atoms with Crippen LogP contribution in [0.2, 0.25) is 0 Å². The highest BCUT2D eigenvalue weighted by Gasteiger charge is 2.36. The number of hydrogen-bond donors (Lipinski definition) is 2. The van der Waals surface area contributed by atoms with Crippen LogP contribution in [0.5, 0.6) is 0 Å². The zero-order valence-electron chi connectivity index (χ0n) is 20.2. The molecule has 2 fully saturated rings. The maximum atomic E-state index is 13.6. The van der Waals surface area contributed by atoms with Gasteiger partial charge in [-0.1, -0.05) is 54.6 Å². The Balaban J connectivity index is 1.18. The fourth-order valence-corrected chi connectivity index (χ4v) is 5.37. The van der Waals surface area contributed by atoms with Gasteiger partial charge in [0.25, 0.3) is 5.91 Å². The molecule has 2 saturated heterocycles. The maximum Gasteiger partial charge on any atom is 0.272 e. The van der Waals surface area contributed by atoms with Crippen molar-refractivity contribution in [3.63, 3.8) is 0 Å². The molecule has 2 aromatic carbocycles. The normalized spacial score (nSPS) is 22.5. The van der Waals surface area contributed by atoms with Gasteiger partial charge in [-0.15, -0.1) is 0 Å². The first-order chi connectivity index (χ1) is 17.6. The number of aromatic nitrogens is 2. The molecule has 6 rings (SSSR count). The fourth-order valence-electron chi connectivity index (χ4n) is 5.37. The number of nitrogens with one attached hydrogen (secondary N) is 1. The quantitative estimate of drug-likeness (QED) is 0.574. The molecule has 0 unspecified atom stereocenters. The van der Waals surface area contributed by atoms with E-state index in [0.29, 0.717) is 43.6 Å². The Morgan fingerprint density at radius 3 is 2.53 bits per heavy atom. The molecule has 36 heavy (non-hydrogen) atoms. The molecule has 0 radical (unpaired) electrons. The summed E-state index contributed by atoms with van der Waals surface area (Å²) in [5.74, 6) is 0.943. The molecule has 0 aliphatic carbocycles. The Morgan fingerprint density at radius 2 is 1.78 bits per heavy atom. The number of carbonyl (C=O) groups is 1. The molecule has 4 heterocycles. The van der Waals surface area contributed by atoms with Crippen molar-refractivity contribution in [1.29, 1.82) is 0 Å². The van der Waals surface area contributed by atoms with Crippen LogP contribution in [0.25, 0.3) is 11.4 Å². The van der Waals surface area contributed by atoms with Gasteiger partial charge in [-0.25, -0.2) is 9.97 Å². The zero-order chi connectivity index (χ0) is 24.5. The first-order valence-electron chi connectivity index (χ1n) is 12.7. The van der Waals surface area contributed by atoms with Crippen molar-refractivity contribution in [1.82, 2.24) is 19.8 Å². The van der Waals surface area contributed by atoms with Crippen molar-refractivity contribution in [2.75, 3.05) is 38.2 Å². The minimum atomic E-state index is -0.604. The van der Waals surface area contributed by atoms with Gasteiger partial charge in [0, 0.05) is 43.9 Å². The summed E-state index contributed by atoms with van der Waals surface area (Å²) >= 11 is 0. The number of aliphatic hydroxyl groups excluding tert-OH is 1. The average Bonchev–Trinajstić information content (AvgIpc) is 2.90. The van der Waals surface area contributed by atoms with Gasteiger partial charge in [-0.2, -0.15) is 0 Å². The molecule has 0 spiro atoms. The summed E-state index contributed by atoms with van der Waals surface area (Å²) in [6.07, 6.45) is 1.12. The van der Waals surface area contributed by atoms with E-state index in [9.17, 15) is 9.90 Å². The SMILES string of the molecule is O=C(c1cc(NC2COC2)nc(-c2ccccc2)n1)N1CC[C@H](N2CCc3ccccc3C2)[C@@H](O)C1. The second kappa shape index (κ2) is 9.97. The molecule has 186 valence electrons. The standard InChI is InChI=1S/C28H31N5O3/c34-25-16-33(13-11-24(25)32-12-10-19-6-4-5-9-21(19)15-32)28(35)23-14-26(29-22-17-36-18-22)31-27(30-23)20-7-2-1-3-8-20/h1-9,14,22,24-25,34H,10-13,15-18H2,(H,29,30,31)/t24-,25-/m0/s1. The topological polar surface area (TPSA) is 90.8 Å². The van der Waals surface area contributed by atoms with Gasteiger partial charge in [0.15, 0.2) is 5.82 Å². The van der Waals surface area contributed by atoms with Crippen molar-refractivity contribution < 1.29 is 14.6 Å². The predicted octanol–water partition coefficient (Wildman–Crippen LogP) is 2.59. The highest BCUT2D eigenvalue weighted by atomic mass is 16.5. The molecule has 2 atom stereocenters. The van der Waals surface area contributed by atoms with E-state index in [0.717, 1.165) is 31.5 Å². The third-order valence-electron chi connectivity index (χ3n) is 7.43. The van der Waals surface area contributed by atoms with E-state index in [1.165, 1.54) is 11.1 Å². The molecule has 3 aromatic rings. The number of rotatable bonds is 5. The number of hydrogen-bond acceptors (Lipinski definition) is 7. The number of fused-ring (bicyclic) bond motifs is 1. The average molecular weight is 486 g/mol. The van der Waals surface area contributed by atoms with Crippen LogP contribution in [0.1, 0.15) is 28.0 Å². The van der Waals surface area contributed by atoms with Crippen LogP contribution in [0.3, 0.4) is 0 Å². The minimum Gasteiger partial charge on any atom is -0.390 e. The van der Waals surface area contributed by atoms with Crippen LogP contribution in [0.4, 0.5) is 5.82 Å². The number of aliphatic hydroxyl groups is 1. The smallest absolute Gasteiger partial charge is 0.272 e. The van der Waals surface area contributed by atoms with Crippen molar-refractivity contribution in [3.8, 4) is 11.4 Å². The number of anilines is 1. The van der Waals surface area contributed by atoms with Crippen LogP contribution in [0.15, 0.2) is 60.7 Å². The predicted molar refractivity (Wildman–Crippen MR) is 137 cm³/mol. The monoisotopic (exact) mass is 485 g/mol. The Bertz CT molecular complexity index is 1230. The number of β-amino-alcohol motifs (C(OH)–C–C–N with tert-alkyl or cyclic N) is 1. The number of carbonyl (C=O) groups excluding carboxylic acids is 1. The van der Waals surface area contributed by atoms with Gasteiger partial charge in [-0.05, 0) is 24.0 Å². The van der Waals surface area contributed by atoms with Gasteiger partial charge in [0.05, 0.1) is 25.4 Å². The van der Waals surface area contributed by atoms with Crippen LogP contribution in [0, 0.1) is 0 Å². The second-order valence-corrected chi connectivity index (χ2v) is 9.87. The molecule has 1 amide bonds. The second-order valence-electron chi connectivity index (χ2n) is 9.87. The van der Waals surface area contributed by atoms with E-state index >= 15 is 0 Å². The van der Waals surface area contributed by atoms with Gasteiger partial charge < -0.3 is 20.1 Å². The van der Waals surface area contributed by atoms with Crippen molar-refractivity contribution in [3.05, 3.63) is 77.5 Å². The summed E-state index contributed by atoms with van der Waals surface area (Å²) in [5, 5.41) is 14.4. The van der Waals surface area contributed by atoms with Gasteiger partial charge in [0.2, 0.25) is 0 Å². The number of likely N-dealkylation sites (tertiary alicyclic amines) is 1. The molecule has 0 bridgehead atoms. The molecular formula is C28H31N5O3. The minimum absolute atomic E-state index is 0.0449. The summed E-state index contributed by atoms with van der Waals surface area (Å²) in [4.78, 5) is 26.9. The molecule has 3 aliphatic rings. The van der Waals surface area contributed by atoms with Gasteiger partial charge in [-0.3, -0.25) is 9.69 Å². The van der Waals surface area contributed by atoms with Crippen LogP contribution < -0.4 is 5.32 Å². The van der Waals surface area contributed by atoms with Crippen molar-refractivity contribution in [2.24, 2.45) is 0 Å². The summed E-state index contributed by atoms with van der Waals surface area (Å²) < 4.78 is 5.27. The summed E-state index contributed by atoms with van der Waals surface area (Å²) in [7, 11) is 0. The van der Waals surface area contributed by atoms with Crippen LogP contribution in [-0.4, -0.2) is 81.8 Å².